The van der Waals surface area contributed by atoms with Crippen molar-refractivity contribution in [1.82, 2.24) is 0 Å². The first-order chi connectivity index (χ1) is 14.4. The second-order valence-corrected chi connectivity index (χ2v) is 16.3. The first kappa shape index (κ1) is 30.6. The fourth-order valence-corrected chi connectivity index (χ4v) is 5.17. The van der Waals surface area contributed by atoms with Crippen LogP contribution < -0.4 is 0 Å². The summed E-state index contributed by atoms with van der Waals surface area (Å²) >= 11 is 0. The van der Waals surface area contributed by atoms with Crippen molar-refractivity contribution in [2.45, 2.75) is 162 Å². The van der Waals surface area contributed by atoms with Gasteiger partial charge in [0.05, 0.1) is 6.10 Å². The molecule has 0 heterocycles. The van der Waals surface area contributed by atoms with Gasteiger partial charge >= 0.3 is 5.97 Å². The summed E-state index contributed by atoms with van der Waals surface area (Å²) in [5, 5.41) is 0.156. The minimum absolute atomic E-state index is 0.0314. The Morgan fingerprint density at radius 2 is 1.23 bits per heavy atom. The smallest absolute Gasteiger partial charge is 0.302 e. The molecule has 0 aromatic heterocycles. The molecule has 4 heteroatoms. The van der Waals surface area contributed by atoms with Gasteiger partial charge in [-0.05, 0) is 43.3 Å². The quantitative estimate of drug-likeness (QED) is 0.117. The lowest BCUT2D eigenvalue weighted by Gasteiger charge is -2.41. The van der Waals surface area contributed by atoms with Crippen molar-refractivity contribution in [2.24, 2.45) is 5.92 Å². The molecule has 0 unspecified atom stereocenters. The number of unbranched alkanes of at least 4 members (excludes halogenated alkanes) is 8. The van der Waals surface area contributed by atoms with E-state index in [1.165, 1.54) is 57.8 Å². The molecule has 31 heavy (non-hydrogen) atoms. The van der Waals surface area contributed by atoms with Crippen molar-refractivity contribution < 1.29 is 14.0 Å². The molecule has 0 rings (SSSR count). The predicted octanol–water partition coefficient (Wildman–Crippen LogP) is 9.06. The molecule has 2 atom stereocenters. The van der Waals surface area contributed by atoms with Crippen molar-refractivity contribution in [1.29, 1.82) is 0 Å². The largest absolute Gasteiger partial charge is 0.460 e. The second-order valence-electron chi connectivity index (χ2n) is 11.5. The van der Waals surface area contributed by atoms with Crippen LogP contribution >= 0.6 is 0 Å². The summed E-state index contributed by atoms with van der Waals surface area (Å²) in [7, 11) is -1.93. The van der Waals surface area contributed by atoms with Crippen LogP contribution in [0.3, 0.4) is 0 Å². The molecular formula is C27H56O3Si. The molecule has 0 saturated carbocycles. The number of esters is 1. The van der Waals surface area contributed by atoms with Crippen LogP contribution in [0, 0.1) is 5.92 Å². The summed E-state index contributed by atoms with van der Waals surface area (Å²) < 4.78 is 12.7. The highest BCUT2D eigenvalue weighted by atomic mass is 28.4. The first-order valence-electron chi connectivity index (χ1n) is 13.3. The molecule has 186 valence electrons. The van der Waals surface area contributed by atoms with E-state index in [1.54, 1.807) is 6.92 Å². The van der Waals surface area contributed by atoms with Crippen LogP contribution in [0.1, 0.15) is 132 Å². The van der Waals surface area contributed by atoms with Gasteiger partial charge in [0.15, 0.2) is 8.32 Å². The van der Waals surface area contributed by atoms with Gasteiger partial charge in [-0.25, -0.2) is 0 Å². The molecule has 0 spiro atoms. The van der Waals surface area contributed by atoms with Gasteiger partial charge in [0.1, 0.15) is 6.10 Å². The highest BCUT2D eigenvalue weighted by Gasteiger charge is 2.41. The van der Waals surface area contributed by atoms with Gasteiger partial charge in [-0.3, -0.25) is 4.79 Å². The molecule has 0 fully saturated rings. The van der Waals surface area contributed by atoms with Crippen LogP contribution in [0.2, 0.25) is 18.1 Å². The fraction of sp³-hybridized carbons (Fsp3) is 0.963. The number of rotatable bonds is 18. The van der Waals surface area contributed by atoms with Crippen LogP contribution in [0.25, 0.3) is 0 Å². The second kappa shape index (κ2) is 16.3. The predicted molar refractivity (Wildman–Crippen MR) is 138 cm³/mol. The number of carbonyl (C=O) groups excluding carboxylic acids is 1. The van der Waals surface area contributed by atoms with Gasteiger partial charge in [0.25, 0.3) is 0 Å². The fourth-order valence-electron chi connectivity index (χ4n) is 3.79. The third-order valence-electron chi connectivity index (χ3n) is 6.85. The van der Waals surface area contributed by atoms with E-state index in [2.05, 4.69) is 54.6 Å². The zero-order valence-corrected chi connectivity index (χ0v) is 23.6. The maximum Gasteiger partial charge on any atom is 0.302 e. The molecule has 0 amide bonds. The average molecular weight is 457 g/mol. The molecular weight excluding hydrogens is 400 g/mol. The van der Waals surface area contributed by atoms with Crippen molar-refractivity contribution in [3.63, 3.8) is 0 Å². The maximum atomic E-state index is 11.9. The van der Waals surface area contributed by atoms with Gasteiger partial charge in [0.2, 0.25) is 0 Å². The molecule has 0 aromatic rings. The number of hydrogen-bond donors (Lipinski definition) is 0. The minimum Gasteiger partial charge on any atom is -0.460 e. The van der Waals surface area contributed by atoms with E-state index in [0.29, 0.717) is 0 Å². The monoisotopic (exact) mass is 456 g/mol. The van der Waals surface area contributed by atoms with E-state index in [9.17, 15) is 4.79 Å². The summed E-state index contributed by atoms with van der Waals surface area (Å²) in [5.41, 5.74) is 0. The Bertz CT molecular complexity index is 454. The topological polar surface area (TPSA) is 35.5 Å². The highest BCUT2D eigenvalue weighted by Crippen LogP contribution is 2.39. The van der Waals surface area contributed by atoms with E-state index >= 15 is 0 Å². The van der Waals surface area contributed by atoms with Crippen LogP contribution in [-0.4, -0.2) is 26.5 Å². The molecule has 0 bridgehead atoms. The minimum atomic E-state index is -1.93. The van der Waals surface area contributed by atoms with Crippen LogP contribution in [0.4, 0.5) is 0 Å². The number of hydrogen-bond acceptors (Lipinski definition) is 3. The standard InChI is InChI=1S/C27H56O3Si/c1-10-11-12-13-14-15-16-17-22-26(30-31(8,9)27(5,6)7)25(29-24(4)28)21-19-18-20-23(2)3/h23,25-26H,10-22H2,1-9H3/t25-,26-/m0/s1. The number of carbonyl (C=O) groups is 1. The third-order valence-corrected chi connectivity index (χ3v) is 11.4. The van der Waals surface area contributed by atoms with Gasteiger partial charge in [-0.15, -0.1) is 0 Å². The van der Waals surface area contributed by atoms with Gasteiger partial charge in [0, 0.05) is 6.92 Å². The van der Waals surface area contributed by atoms with Crippen LogP contribution in [0.5, 0.6) is 0 Å². The molecule has 0 N–H and O–H groups in total. The lowest BCUT2D eigenvalue weighted by atomic mass is 9.98. The summed E-state index contributed by atoms with van der Waals surface area (Å²) in [6.45, 7) is 19.9. The summed E-state index contributed by atoms with van der Waals surface area (Å²) in [6, 6.07) is 0. The highest BCUT2D eigenvalue weighted by molar-refractivity contribution is 6.74. The van der Waals surface area contributed by atoms with E-state index in [1.807, 2.05) is 0 Å². The normalized spacial score (nSPS) is 14.6. The van der Waals surface area contributed by atoms with E-state index in [0.717, 1.165) is 31.6 Å². The maximum absolute atomic E-state index is 11.9. The average Bonchev–Trinajstić information content (AvgIpc) is 2.64. The van der Waals surface area contributed by atoms with Crippen molar-refractivity contribution in [2.75, 3.05) is 0 Å². The van der Waals surface area contributed by atoms with Gasteiger partial charge in [-0.2, -0.15) is 0 Å². The summed E-state index contributed by atoms with van der Waals surface area (Å²) in [4.78, 5) is 11.9. The zero-order chi connectivity index (χ0) is 23.9. The van der Waals surface area contributed by atoms with Crippen molar-refractivity contribution in [3.8, 4) is 0 Å². The SMILES string of the molecule is CCCCCCCCCC[C@H](O[Si](C)(C)C(C)(C)C)[C@H](CCCCC(C)C)OC(C)=O. The Morgan fingerprint density at radius 3 is 1.71 bits per heavy atom. The lowest BCUT2D eigenvalue weighted by Crippen LogP contribution is -2.48. The van der Waals surface area contributed by atoms with Gasteiger partial charge < -0.3 is 9.16 Å². The Hall–Kier alpha value is -0.353. The van der Waals surface area contributed by atoms with Crippen molar-refractivity contribution >= 4 is 14.3 Å². The summed E-state index contributed by atoms with van der Waals surface area (Å²) in [6.07, 6.45) is 15.9. The lowest BCUT2D eigenvalue weighted by molar-refractivity contribution is -0.152. The molecule has 0 aromatic carbocycles. The Balaban J connectivity index is 4.97. The van der Waals surface area contributed by atoms with E-state index < -0.39 is 8.32 Å². The molecule has 3 nitrogen and oxygen atoms in total. The zero-order valence-electron chi connectivity index (χ0n) is 22.6. The Morgan fingerprint density at radius 1 is 0.774 bits per heavy atom. The Kier molecular flexibility index (Phi) is 16.1. The first-order valence-corrected chi connectivity index (χ1v) is 16.2. The molecule has 0 saturated heterocycles. The van der Waals surface area contributed by atoms with Crippen LogP contribution in [0.15, 0.2) is 0 Å². The van der Waals surface area contributed by atoms with E-state index in [4.69, 9.17) is 9.16 Å². The molecule has 0 aliphatic carbocycles. The Labute approximate surface area is 196 Å². The van der Waals surface area contributed by atoms with Crippen LogP contribution in [-0.2, 0) is 14.0 Å². The van der Waals surface area contributed by atoms with E-state index in [-0.39, 0.29) is 23.2 Å². The third kappa shape index (κ3) is 15.2. The summed E-state index contributed by atoms with van der Waals surface area (Å²) in [5.74, 6) is 0.553. The van der Waals surface area contributed by atoms with Gasteiger partial charge in [-0.1, -0.05) is 106 Å². The molecule has 0 radical (unpaired) electrons. The van der Waals surface area contributed by atoms with Crippen molar-refractivity contribution in [3.05, 3.63) is 0 Å². The molecule has 0 aliphatic heterocycles. The number of ether oxygens (including phenoxy) is 1. The molecule has 0 aliphatic rings.